The fraction of sp³-hybridized carbons (Fsp3) is 0.367. The van der Waals surface area contributed by atoms with Crippen LogP contribution in [0.4, 0.5) is 26.0 Å². The number of hydrogen-bond acceptors (Lipinski definition) is 9. The minimum atomic E-state index is -1.41. The van der Waals surface area contributed by atoms with Crippen molar-refractivity contribution in [3.63, 3.8) is 0 Å². The predicted octanol–water partition coefficient (Wildman–Crippen LogP) is 3.51. The van der Waals surface area contributed by atoms with Crippen LogP contribution in [0.3, 0.4) is 0 Å². The Balaban J connectivity index is 1.44. The van der Waals surface area contributed by atoms with Crippen molar-refractivity contribution in [1.82, 2.24) is 20.3 Å². The number of nitrogens with zero attached hydrogens (tertiary/aromatic N) is 4. The maximum absolute atomic E-state index is 15.6. The Morgan fingerprint density at radius 1 is 1.19 bits per heavy atom. The molecule has 2 atom stereocenters. The Labute approximate surface area is 245 Å². The van der Waals surface area contributed by atoms with Crippen molar-refractivity contribution in [2.24, 2.45) is 0 Å². The van der Waals surface area contributed by atoms with Crippen molar-refractivity contribution in [1.29, 1.82) is 0 Å². The number of carboxylic acid groups (broad SMARTS) is 1. The summed E-state index contributed by atoms with van der Waals surface area (Å²) in [6, 6.07) is 2.99. The standard InChI is InChI=1S/C30H31F2N7O4/c1-33-21-10-20(31)24(32)22-23-26(38-5-7-43-8-6-38)18(12-35-28(23)37-25(21)22)15-9-17-27(40)19(30(41)42)14-39(29(17)36-11-15)13-16-3-2-4-34-16/h9-12,14,16,27,33-34,40H,2-8,13H2,1H3,(H,35,37)(H,41,42). The molecule has 5 N–H and O–H groups in total. The van der Waals surface area contributed by atoms with Crippen molar-refractivity contribution in [3.8, 4) is 11.1 Å². The molecule has 2 fully saturated rings. The van der Waals surface area contributed by atoms with Crippen LogP contribution in [-0.4, -0.2) is 83.6 Å². The molecule has 0 amide bonds. The second kappa shape index (κ2) is 10.7. The number of carbonyl (C=O) groups is 1. The molecule has 6 heterocycles. The number of halogens is 2. The highest BCUT2D eigenvalue weighted by Crippen LogP contribution is 2.45. The van der Waals surface area contributed by atoms with E-state index < -0.39 is 23.7 Å². The van der Waals surface area contributed by atoms with Gasteiger partial charge in [-0.2, -0.15) is 0 Å². The molecule has 0 saturated carbocycles. The fourth-order valence-corrected chi connectivity index (χ4v) is 6.46. The molecule has 4 aromatic rings. The van der Waals surface area contributed by atoms with E-state index in [0.717, 1.165) is 25.5 Å². The summed E-state index contributed by atoms with van der Waals surface area (Å²) in [4.78, 5) is 28.4. The average Bonchev–Trinajstić information content (AvgIpc) is 3.68. The van der Waals surface area contributed by atoms with Gasteiger partial charge in [-0.25, -0.2) is 23.5 Å². The molecular formula is C30H31F2N7O4. The van der Waals surface area contributed by atoms with Crippen LogP contribution in [-0.2, 0) is 9.53 Å². The summed E-state index contributed by atoms with van der Waals surface area (Å²) in [6.07, 6.45) is 5.32. The zero-order valence-corrected chi connectivity index (χ0v) is 23.5. The lowest BCUT2D eigenvalue weighted by atomic mass is 9.94. The minimum Gasteiger partial charge on any atom is -0.478 e. The van der Waals surface area contributed by atoms with Crippen molar-refractivity contribution in [2.45, 2.75) is 25.0 Å². The van der Waals surface area contributed by atoms with E-state index in [1.807, 2.05) is 0 Å². The van der Waals surface area contributed by atoms with E-state index >= 15 is 4.39 Å². The van der Waals surface area contributed by atoms with Gasteiger partial charge < -0.3 is 40.4 Å². The van der Waals surface area contributed by atoms with E-state index in [4.69, 9.17) is 9.72 Å². The number of ether oxygens (including phenoxy) is 1. The van der Waals surface area contributed by atoms with E-state index in [-0.39, 0.29) is 17.0 Å². The van der Waals surface area contributed by atoms with Crippen molar-refractivity contribution in [3.05, 3.63) is 53.5 Å². The lowest BCUT2D eigenvalue weighted by Crippen LogP contribution is -2.38. The van der Waals surface area contributed by atoms with E-state index in [0.29, 0.717) is 83.3 Å². The van der Waals surface area contributed by atoms with Crippen LogP contribution >= 0.6 is 0 Å². The molecule has 7 rings (SSSR count). The maximum atomic E-state index is 15.6. The number of H-pyrrole nitrogens is 1. The highest BCUT2D eigenvalue weighted by molar-refractivity contribution is 6.18. The summed E-state index contributed by atoms with van der Waals surface area (Å²) in [6.45, 7) is 3.30. The Kier molecular flexibility index (Phi) is 6.87. The number of aliphatic hydroxyl groups is 1. The minimum absolute atomic E-state index is 0.0764. The largest absolute Gasteiger partial charge is 0.478 e. The number of aliphatic hydroxyl groups excluding tert-OH is 1. The van der Waals surface area contributed by atoms with Gasteiger partial charge in [-0.15, -0.1) is 0 Å². The van der Waals surface area contributed by atoms with Crippen molar-refractivity contribution >= 4 is 45.1 Å². The number of nitrogens with one attached hydrogen (secondary N) is 3. The third kappa shape index (κ3) is 4.55. The molecule has 0 aliphatic carbocycles. The number of morpholine rings is 1. The number of pyridine rings is 2. The summed E-state index contributed by atoms with van der Waals surface area (Å²) in [7, 11) is 1.63. The van der Waals surface area contributed by atoms with Crippen LogP contribution in [0, 0.1) is 11.6 Å². The van der Waals surface area contributed by atoms with Crippen LogP contribution in [0.1, 0.15) is 24.5 Å². The lowest BCUT2D eigenvalue weighted by Gasteiger charge is -2.33. The summed E-state index contributed by atoms with van der Waals surface area (Å²) in [5, 5.41) is 27.9. The Hall–Kier alpha value is -4.33. The monoisotopic (exact) mass is 591 g/mol. The van der Waals surface area contributed by atoms with Crippen molar-refractivity contribution in [2.75, 3.05) is 61.6 Å². The highest BCUT2D eigenvalue weighted by Gasteiger charge is 2.33. The Bertz CT molecular complexity index is 1780. The van der Waals surface area contributed by atoms with E-state index in [2.05, 4.69) is 25.5 Å². The molecule has 11 nitrogen and oxygen atoms in total. The summed E-state index contributed by atoms with van der Waals surface area (Å²) in [5.74, 6) is -2.72. The number of hydrogen-bond donors (Lipinski definition) is 5. The first-order valence-electron chi connectivity index (χ1n) is 14.3. The molecule has 3 aliphatic rings. The van der Waals surface area contributed by atoms with Crippen molar-refractivity contribution < 1.29 is 28.5 Å². The number of fused-ring (bicyclic) bond motifs is 4. The molecule has 0 spiro atoms. The molecule has 43 heavy (non-hydrogen) atoms. The number of aromatic nitrogens is 3. The van der Waals surface area contributed by atoms with Crippen LogP contribution in [0.5, 0.6) is 0 Å². The molecule has 2 saturated heterocycles. The van der Waals surface area contributed by atoms with E-state index in [1.54, 1.807) is 30.4 Å². The van der Waals surface area contributed by atoms with Crippen LogP contribution in [0.25, 0.3) is 33.1 Å². The molecule has 13 heteroatoms. The number of benzene rings is 1. The van der Waals surface area contributed by atoms with Crippen LogP contribution in [0.15, 0.2) is 36.3 Å². The Morgan fingerprint density at radius 2 is 2.00 bits per heavy atom. The zero-order valence-electron chi connectivity index (χ0n) is 23.5. The molecule has 3 aromatic heterocycles. The molecule has 3 aliphatic heterocycles. The molecule has 0 bridgehead atoms. The molecule has 224 valence electrons. The molecule has 1 aromatic carbocycles. The van der Waals surface area contributed by atoms with Crippen LogP contribution in [0.2, 0.25) is 0 Å². The van der Waals surface area contributed by atoms with Gasteiger partial charge in [-0.3, -0.25) is 0 Å². The summed E-state index contributed by atoms with van der Waals surface area (Å²) >= 11 is 0. The van der Waals surface area contributed by atoms with Gasteiger partial charge in [0.1, 0.15) is 17.6 Å². The normalized spacial score (nSPS) is 20.5. The van der Waals surface area contributed by atoms with Gasteiger partial charge in [-0.1, -0.05) is 0 Å². The average molecular weight is 592 g/mol. The third-order valence-electron chi connectivity index (χ3n) is 8.55. The first-order chi connectivity index (χ1) is 20.9. The zero-order chi connectivity index (χ0) is 29.8. The number of rotatable bonds is 6. The molecular weight excluding hydrogens is 560 g/mol. The maximum Gasteiger partial charge on any atom is 0.336 e. The molecule has 0 radical (unpaired) electrons. The number of anilines is 3. The smallest absolute Gasteiger partial charge is 0.336 e. The SMILES string of the molecule is CNc1cc(F)c(F)c2c1[nH]c1ncc(-c3cnc4c(c3)C(O)C(C(=O)O)=CN4CC3CCCN3)c(N3CCOCC3)c12. The predicted molar refractivity (Wildman–Crippen MR) is 158 cm³/mol. The second-order valence-electron chi connectivity index (χ2n) is 11.1. The first kappa shape index (κ1) is 27.5. The number of aromatic amines is 1. The van der Waals surface area contributed by atoms with E-state index in [9.17, 15) is 19.4 Å². The van der Waals surface area contributed by atoms with Gasteiger partial charge in [0, 0.05) is 74.1 Å². The van der Waals surface area contributed by atoms with Gasteiger partial charge in [0.15, 0.2) is 11.6 Å². The first-order valence-corrected chi connectivity index (χ1v) is 14.3. The molecule has 2 unspecified atom stereocenters. The van der Waals surface area contributed by atoms with Gasteiger partial charge >= 0.3 is 5.97 Å². The van der Waals surface area contributed by atoms with Gasteiger partial charge in [0.2, 0.25) is 0 Å². The summed E-state index contributed by atoms with van der Waals surface area (Å²) in [5.41, 5.74) is 3.13. The summed E-state index contributed by atoms with van der Waals surface area (Å²) < 4.78 is 36.0. The van der Waals surface area contributed by atoms with Crippen LogP contribution < -0.4 is 20.4 Å². The fourth-order valence-electron chi connectivity index (χ4n) is 6.46. The highest BCUT2D eigenvalue weighted by atomic mass is 19.2. The second-order valence-corrected chi connectivity index (χ2v) is 11.1. The topological polar surface area (TPSA) is 139 Å². The van der Waals surface area contributed by atoms with Gasteiger partial charge in [0.05, 0.1) is 46.5 Å². The lowest BCUT2D eigenvalue weighted by molar-refractivity contribution is -0.133. The number of carboxylic acids is 1. The Morgan fingerprint density at radius 3 is 2.72 bits per heavy atom. The quantitative estimate of drug-likeness (QED) is 0.226. The van der Waals surface area contributed by atoms with E-state index in [1.165, 1.54) is 6.20 Å². The van der Waals surface area contributed by atoms with Gasteiger partial charge in [0.25, 0.3) is 0 Å². The van der Waals surface area contributed by atoms with Gasteiger partial charge in [-0.05, 0) is 25.5 Å². The third-order valence-corrected chi connectivity index (χ3v) is 8.55. The number of aliphatic carboxylic acids is 1.